The molecule has 0 amide bonds. The third-order valence-electron chi connectivity index (χ3n) is 1.04. The van der Waals surface area contributed by atoms with E-state index in [0.717, 1.165) is 17.9 Å². The highest BCUT2D eigenvalue weighted by atomic mass is 35.5. The van der Waals surface area contributed by atoms with Gasteiger partial charge in [-0.15, -0.1) is 10.5 Å². The quantitative estimate of drug-likeness (QED) is 0.508. The first-order chi connectivity index (χ1) is 4.22. The van der Waals surface area contributed by atoms with Crippen LogP contribution in [0.1, 0.15) is 20.3 Å². The first-order valence-corrected chi connectivity index (χ1v) is 5.05. The summed E-state index contributed by atoms with van der Waals surface area (Å²) in [5, 5.41) is 8.84. The smallest absolute Gasteiger partial charge is 0.165 e. The molecule has 3 heteroatoms. The minimum atomic E-state index is -0.0455. The molecule has 0 aliphatic rings. The fourth-order valence-corrected chi connectivity index (χ4v) is 2.34. The molecule has 0 saturated carbocycles. The summed E-state index contributed by atoms with van der Waals surface area (Å²) in [7, 11) is -0.0455. The predicted octanol–water partition coefficient (Wildman–Crippen LogP) is 2.57. The van der Waals surface area contributed by atoms with Crippen LogP contribution in [0.5, 0.6) is 0 Å². The summed E-state index contributed by atoms with van der Waals surface area (Å²) in [6.07, 6.45) is 1.09. The Labute approximate surface area is 64.0 Å². The minimum absolute atomic E-state index is 0.0455. The van der Waals surface area contributed by atoms with Crippen molar-refractivity contribution in [1.29, 1.82) is 0 Å². The summed E-state index contributed by atoms with van der Waals surface area (Å²) < 4.78 is 0.0966. The van der Waals surface area contributed by atoms with Crippen LogP contribution in [0.3, 0.4) is 0 Å². The van der Waals surface area contributed by atoms with Gasteiger partial charge in [0.2, 0.25) is 0 Å². The van der Waals surface area contributed by atoms with Crippen LogP contribution in [0.25, 0.3) is 0 Å². The van der Waals surface area contributed by atoms with E-state index in [0.29, 0.717) is 0 Å². The number of rotatable bonds is 3. The molecular formula is C6H13ClOS. The van der Waals surface area contributed by atoms with E-state index in [-0.39, 0.29) is 15.0 Å². The van der Waals surface area contributed by atoms with Gasteiger partial charge in [-0.05, 0) is 17.9 Å². The third-order valence-corrected chi connectivity index (χ3v) is 3.77. The lowest BCUT2D eigenvalue weighted by Gasteiger charge is -2.02. The molecule has 0 bridgehead atoms. The lowest BCUT2D eigenvalue weighted by atomic mass is 10.6. The Morgan fingerprint density at radius 3 is 2.22 bits per heavy atom. The fraction of sp³-hybridized carbons (Fsp3) is 0.833. The number of hydrogen-bond donors (Lipinski definition) is 1. The molecule has 1 unspecified atom stereocenters. The first kappa shape index (κ1) is 9.47. The van der Waals surface area contributed by atoms with E-state index in [4.69, 9.17) is 16.7 Å². The molecule has 0 heterocycles. The van der Waals surface area contributed by atoms with Crippen LogP contribution in [-0.2, 0) is 0 Å². The number of hydrogen-bond acceptors (Lipinski definition) is 0. The maximum Gasteiger partial charge on any atom is 0.165 e. The molecule has 0 spiro atoms. The lowest BCUT2D eigenvalue weighted by Crippen LogP contribution is -1.91. The molecule has 0 aromatic heterocycles. The van der Waals surface area contributed by atoms with Gasteiger partial charge in [0.15, 0.2) is 4.51 Å². The van der Waals surface area contributed by atoms with Gasteiger partial charge in [0.05, 0.1) is 0 Å². The standard InChI is InChI=1S/C6H13ClOS/c1-3-5-9(4-2)6(7)8/h8H,3-5H2,1-2H3. The molecular weight excluding hydrogens is 156 g/mol. The van der Waals surface area contributed by atoms with E-state index < -0.39 is 0 Å². The molecule has 0 rings (SSSR count). The molecule has 0 aliphatic heterocycles. The Kier molecular flexibility index (Phi) is 5.55. The van der Waals surface area contributed by atoms with Crippen LogP contribution in [0.2, 0.25) is 0 Å². The van der Waals surface area contributed by atoms with Gasteiger partial charge in [0, 0.05) is 0 Å². The van der Waals surface area contributed by atoms with Crippen LogP contribution in [0.15, 0.2) is 0 Å². The van der Waals surface area contributed by atoms with Gasteiger partial charge < -0.3 is 5.11 Å². The van der Waals surface area contributed by atoms with Gasteiger partial charge >= 0.3 is 0 Å². The average molecular weight is 169 g/mol. The van der Waals surface area contributed by atoms with Gasteiger partial charge in [-0.2, -0.15) is 0 Å². The summed E-state index contributed by atoms with van der Waals surface area (Å²) in [5.41, 5.74) is 0. The van der Waals surface area contributed by atoms with E-state index >= 15 is 0 Å². The zero-order chi connectivity index (χ0) is 7.28. The third kappa shape index (κ3) is 3.95. The van der Waals surface area contributed by atoms with Crippen molar-refractivity contribution in [2.75, 3.05) is 11.5 Å². The Bertz CT molecular complexity index is 108. The highest BCUT2D eigenvalue weighted by molar-refractivity contribution is 8.17. The van der Waals surface area contributed by atoms with Gasteiger partial charge in [0.25, 0.3) is 0 Å². The molecule has 56 valence electrons. The van der Waals surface area contributed by atoms with Crippen molar-refractivity contribution < 1.29 is 5.11 Å². The number of aliphatic hydroxyl groups is 1. The zero-order valence-corrected chi connectivity index (χ0v) is 7.43. The van der Waals surface area contributed by atoms with E-state index in [9.17, 15) is 0 Å². The van der Waals surface area contributed by atoms with Crippen molar-refractivity contribution in [3.63, 3.8) is 0 Å². The summed E-state index contributed by atoms with van der Waals surface area (Å²) in [6, 6.07) is 0. The lowest BCUT2D eigenvalue weighted by molar-refractivity contribution is 0.583. The summed E-state index contributed by atoms with van der Waals surface area (Å²) in [5.74, 6) is 1.98. The van der Waals surface area contributed by atoms with Crippen LogP contribution >= 0.6 is 22.1 Å². The Hall–Kier alpha value is 0.470. The molecule has 1 nitrogen and oxygen atoms in total. The van der Waals surface area contributed by atoms with Crippen molar-refractivity contribution in [1.82, 2.24) is 0 Å². The topological polar surface area (TPSA) is 20.2 Å². The number of aliphatic hydroxyl groups excluding tert-OH is 1. The Morgan fingerprint density at radius 1 is 1.56 bits per heavy atom. The second kappa shape index (κ2) is 5.27. The van der Waals surface area contributed by atoms with Crippen molar-refractivity contribution in [2.45, 2.75) is 20.3 Å². The van der Waals surface area contributed by atoms with Crippen LogP contribution in [0, 0.1) is 0 Å². The molecule has 0 aromatic rings. The molecule has 0 aromatic carbocycles. The van der Waals surface area contributed by atoms with Crippen molar-refractivity contribution >= 4 is 26.6 Å². The highest BCUT2D eigenvalue weighted by Gasteiger charge is 1.94. The maximum absolute atomic E-state index is 8.84. The Balaban J connectivity index is 3.83. The molecule has 0 saturated heterocycles. The highest BCUT2D eigenvalue weighted by Crippen LogP contribution is 2.16. The number of halogens is 1. The SMILES string of the molecule is CCCS(CC)=C(O)Cl. The molecule has 0 radical (unpaired) electrons. The second-order valence-corrected chi connectivity index (χ2v) is 4.68. The predicted molar refractivity (Wildman–Crippen MR) is 46.8 cm³/mol. The molecule has 0 fully saturated rings. The first-order valence-electron chi connectivity index (χ1n) is 3.11. The zero-order valence-electron chi connectivity index (χ0n) is 5.85. The monoisotopic (exact) mass is 168 g/mol. The van der Waals surface area contributed by atoms with Gasteiger partial charge in [-0.3, -0.25) is 0 Å². The fourth-order valence-electron chi connectivity index (χ4n) is 0.594. The van der Waals surface area contributed by atoms with E-state index in [2.05, 4.69) is 6.92 Å². The van der Waals surface area contributed by atoms with Crippen molar-refractivity contribution in [3.05, 3.63) is 0 Å². The molecule has 1 atom stereocenters. The van der Waals surface area contributed by atoms with E-state index in [1.807, 2.05) is 6.92 Å². The van der Waals surface area contributed by atoms with E-state index in [1.54, 1.807) is 0 Å². The van der Waals surface area contributed by atoms with Crippen molar-refractivity contribution in [3.8, 4) is 0 Å². The average Bonchev–Trinajstić information content (AvgIpc) is 1.82. The summed E-state index contributed by atoms with van der Waals surface area (Å²) in [4.78, 5) is 0. The largest absolute Gasteiger partial charge is 0.346 e. The normalized spacial score (nSPS) is 15.3. The van der Waals surface area contributed by atoms with Crippen LogP contribution < -0.4 is 0 Å². The van der Waals surface area contributed by atoms with Gasteiger partial charge in [0.1, 0.15) is 0 Å². The summed E-state index contributed by atoms with van der Waals surface area (Å²) >= 11 is 5.41. The molecule has 1 N–H and O–H groups in total. The van der Waals surface area contributed by atoms with Gasteiger partial charge in [-0.25, -0.2) is 0 Å². The van der Waals surface area contributed by atoms with Crippen molar-refractivity contribution in [2.24, 2.45) is 0 Å². The van der Waals surface area contributed by atoms with Gasteiger partial charge in [-0.1, -0.05) is 25.4 Å². The maximum atomic E-state index is 8.84. The Morgan fingerprint density at radius 2 is 2.11 bits per heavy atom. The molecule has 0 aliphatic carbocycles. The molecule has 9 heavy (non-hydrogen) atoms. The van der Waals surface area contributed by atoms with Crippen LogP contribution in [0.4, 0.5) is 0 Å². The van der Waals surface area contributed by atoms with Crippen LogP contribution in [-0.4, -0.2) is 21.1 Å². The second-order valence-electron chi connectivity index (χ2n) is 1.74. The minimum Gasteiger partial charge on any atom is -0.346 e. The van der Waals surface area contributed by atoms with E-state index in [1.165, 1.54) is 0 Å². The summed E-state index contributed by atoms with van der Waals surface area (Å²) in [6.45, 7) is 4.13.